The molecule has 0 atom stereocenters. The van der Waals surface area contributed by atoms with Crippen LogP contribution in [0.25, 0.3) is 0 Å². The van der Waals surface area contributed by atoms with Gasteiger partial charge in [-0.3, -0.25) is 14.5 Å². The van der Waals surface area contributed by atoms with E-state index in [1.54, 1.807) is 24.3 Å². The molecule has 25 heavy (non-hydrogen) atoms. The quantitative estimate of drug-likeness (QED) is 0.461. The predicted octanol–water partition coefficient (Wildman–Crippen LogP) is 3.96. The van der Waals surface area contributed by atoms with E-state index in [0.29, 0.717) is 22.9 Å². The molecule has 0 fully saturated rings. The molecule has 0 spiro atoms. The summed E-state index contributed by atoms with van der Waals surface area (Å²) in [5.41, 5.74) is 0.781. The van der Waals surface area contributed by atoms with E-state index < -0.39 is 5.97 Å². The zero-order valence-corrected chi connectivity index (χ0v) is 14.4. The van der Waals surface area contributed by atoms with Gasteiger partial charge < -0.3 is 4.74 Å². The van der Waals surface area contributed by atoms with Crippen molar-refractivity contribution in [2.45, 2.75) is 19.8 Å². The number of amides is 2. The second kappa shape index (κ2) is 7.07. The molecule has 0 saturated heterocycles. The lowest BCUT2D eigenvalue weighted by Crippen LogP contribution is -2.30. The van der Waals surface area contributed by atoms with E-state index in [1.807, 2.05) is 6.92 Å². The first-order valence-corrected chi connectivity index (χ1v) is 8.37. The molecule has 0 aliphatic carbocycles. The average Bonchev–Trinajstić information content (AvgIpc) is 2.85. The van der Waals surface area contributed by atoms with Gasteiger partial charge in [0.1, 0.15) is 5.75 Å². The lowest BCUT2D eigenvalue weighted by Gasteiger charge is -2.12. The highest BCUT2D eigenvalue weighted by Crippen LogP contribution is 2.25. The number of imide groups is 1. The average molecular weight is 358 g/mol. The highest BCUT2D eigenvalue weighted by molar-refractivity contribution is 6.30. The van der Waals surface area contributed by atoms with Gasteiger partial charge in [-0.25, -0.2) is 4.79 Å². The molecule has 2 aromatic rings. The third kappa shape index (κ3) is 3.42. The molecule has 5 nitrogen and oxygen atoms in total. The van der Waals surface area contributed by atoms with Crippen LogP contribution in [0.5, 0.6) is 5.75 Å². The Kier molecular flexibility index (Phi) is 4.86. The summed E-state index contributed by atoms with van der Waals surface area (Å²) in [6, 6.07) is 10.8. The summed E-state index contributed by atoms with van der Waals surface area (Å²) in [4.78, 5) is 38.2. The number of rotatable bonds is 5. The maximum Gasteiger partial charge on any atom is 0.343 e. The van der Waals surface area contributed by atoms with Crippen molar-refractivity contribution in [3.8, 4) is 5.75 Å². The summed E-state index contributed by atoms with van der Waals surface area (Å²) in [5.74, 6) is -0.931. The summed E-state index contributed by atoms with van der Waals surface area (Å²) < 4.78 is 5.26. The Labute approximate surface area is 150 Å². The summed E-state index contributed by atoms with van der Waals surface area (Å²) in [7, 11) is 0. The Morgan fingerprint density at radius 2 is 1.72 bits per heavy atom. The first kappa shape index (κ1) is 17.2. The van der Waals surface area contributed by atoms with Crippen LogP contribution in [0.4, 0.5) is 0 Å². The van der Waals surface area contributed by atoms with Crippen molar-refractivity contribution < 1.29 is 19.1 Å². The molecule has 0 radical (unpaired) electrons. The number of carbonyl (C=O) groups excluding carboxylic acids is 3. The standard InChI is InChI=1S/C19H16ClNO4/c1-2-3-10-21-17(22)15-9-4-12(11-16(15)18(21)23)19(24)25-14-7-5-13(20)6-8-14/h4-9,11H,2-3,10H2,1H3. The van der Waals surface area contributed by atoms with Crippen molar-refractivity contribution in [3.05, 3.63) is 64.2 Å². The van der Waals surface area contributed by atoms with E-state index in [4.69, 9.17) is 16.3 Å². The molecule has 0 saturated carbocycles. The molecule has 2 aromatic carbocycles. The molecule has 2 amide bonds. The number of nitrogens with zero attached hydrogens (tertiary/aromatic N) is 1. The second-order valence-corrected chi connectivity index (χ2v) is 6.16. The van der Waals surface area contributed by atoms with Crippen LogP contribution in [-0.4, -0.2) is 29.2 Å². The van der Waals surface area contributed by atoms with Crippen molar-refractivity contribution in [2.24, 2.45) is 0 Å². The molecule has 128 valence electrons. The molecule has 3 rings (SSSR count). The smallest absolute Gasteiger partial charge is 0.343 e. The van der Waals surface area contributed by atoms with Crippen LogP contribution in [-0.2, 0) is 0 Å². The number of fused-ring (bicyclic) bond motifs is 1. The van der Waals surface area contributed by atoms with E-state index in [0.717, 1.165) is 12.8 Å². The second-order valence-electron chi connectivity index (χ2n) is 5.72. The van der Waals surface area contributed by atoms with Crippen molar-refractivity contribution in [3.63, 3.8) is 0 Å². The van der Waals surface area contributed by atoms with Crippen LogP contribution in [0, 0.1) is 0 Å². The number of hydrogen-bond acceptors (Lipinski definition) is 4. The van der Waals surface area contributed by atoms with Crippen molar-refractivity contribution in [1.29, 1.82) is 0 Å². The van der Waals surface area contributed by atoms with E-state index in [9.17, 15) is 14.4 Å². The first-order chi connectivity index (χ1) is 12.0. The highest BCUT2D eigenvalue weighted by atomic mass is 35.5. The van der Waals surface area contributed by atoms with Crippen LogP contribution in [0.15, 0.2) is 42.5 Å². The molecule has 1 aliphatic heterocycles. The molecule has 1 heterocycles. The van der Waals surface area contributed by atoms with Gasteiger partial charge in [0.15, 0.2) is 0 Å². The van der Waals surface area contributed by atoms with Crippen LogP contribution in [0.2, 0.25) is 5.02 Å². The maximum atomic E-state index is 12.4. The number of benzene rings is 2. The third-order valence-corrected chi connectivity index (χ3v) is 4.22. The largest absolute Gasteiger partial charge is 0.423 e. The molecular formula is C19H16ClNO4. The Morgan fingerprint density at radius 3 is 2.40 bits per heavy atom. The molecule has 0 N–H and O–H groups in total. The lowest BCUT2D eigenvalue weighted by atomic mass is 10.1. The van der Waals surface area contributed by atoms with Crippen molar-refractivity contribution >= 4 is 29.4 Å². The molecule has 0 bridgehead atoms. The molecule has 0 unspecified atom stereocenters. The summed E-state index contributed by atoms with van der Waals surface area (Å²) in [5, 5.41) is 0.536. The maximum absolute atomic E-state index is 12.4. The van der Waals surface area contributed by atoms with Crippen molar-refractivity contribution in [1.82, 2.24) is 4.90 Å². The van der Waals surface area contributed by atoms with Crippen LogP contribution in [0.1, 0.15) is 50.8 Å². The third-order valence-electron chi connectivity index (χ3n) is 3.97. The fourth-order valence-electron chi connectivity index (χ4n) is 2.61. The Morgan fingerprint density at radius 1 is 1.04 bits per heavy atom. The topological polar surface area (TPSA) is 63.7 Å². The molecular weight excluding hydrogens is 342 g/mol. The van der Waals surface area contributed by atoms with Crippen LogP contribution in [0.3, 0.4) is 0 Å². The zero-order chi connectivity index (χ0) is 18.0. The first-order valence-electron chi connectivity index (χ1n) is 7.99. The minimum absolute atomic E-state index is 0.215. The van der Waals surface area contributed by atoms with Crippen molar-refractivity contribution in [2.75, 3.05) is 6.54 Å². The number of hydrogen-bond donors (Lipinski definition) is 0. The molecule has 6 heteroatoms. The zero-order valence-electron chi connectivity index (χ0n) is 13.6. The monoisotopic (exact) mass is 357 g/mol. The SMILES string of the molecule is CCCCN1C(=O)c2ccc(C(=O)Oc3ccc(Cl)cc3)cc2C1=O. The lowest BCUT2D eigenvalue weighted by molar-refractivity contribution is 0.0651. The number of halogens is 1. The minimum Gasteiger partial charge on any atom is -0.423 e. The summed E-state index contributed by atoms with van der Waals surface area (Å²) in [6.07, 6.45) is 1.63. The van der Waals surface area contributed by atoms with Gasteiger partial charge in [-0.15, -0.1) is 0 Å². The van der Waals surface area contributed by atoms with E-state index in [-0.39, 0.29) is 22.9 Å². The molecule has 1 aliphatic rings. The normalized spacial score (nSPS) is 13.1. The van der Waals surface area contributed by atoms with Gasteiger partial charge >= 0.3 is 5.97 Å². The van der Waals surface area contributed by atoms with Gasteiger partial charge in [0.25, 0.3) is 11.8 Å². The minimum atomic E-state index is -0.600. The Bertz CT molecular complexity index is 845. The fourth-order valence-corrected chi connectivity index (χ4v) is 2.73. The number of carbonyl (C=O) groups is 3. The van der Waals surface area contributed by atoms with Crippen LogP contribution >= 0.6 is 11.6 Å². The van der Waals surface area contributed by atoms with Gasteiger partial charge in [-0.2, -0.15) is 0 Å². The predicted molar refractivity (Wildman–Crippen MR) is 93.1 cm³/mol. The Balaban J connectivity index is 1.81. The highest BCUT2D eigenvalue weighted by Gasteiger charge is 2.35. The van der Waals surface area contributed by atoms with Gasteiger partial charge in [-0.05, 0) is 48.9 Å². The van der Waals surface area contributed by atoms with Gasteiger partial charge in [0.05, 0.1) is 16.7 Å². The van der Waals surface area contributed by atoms with E-state index in [2.05, 4.69) is 0 Å². The summed E-state index contributed by atoms with van der Waals surface area (Å²) >= 11 is 5.79. The fraction of sp³-hybridized carbons (Fsp3) is 0.211. The van der Waals surface area contributed by atoms with Gasteiger partial charge in [0, 0.05) is 11.6 Å². The molecule has 0 aromatic heterocycles. The van der Waals surface area contributed by atoms with E-state index >= 15 is 0 Å². The number of unbranched alkanes of at least 4 members (excludes halogenated alkanes) is 1. The van der Waals surface area contributed by atoms with Gasteiger partial charge in [0.2, 0.25) is 0 Å². The summed E-state index contributed by atoms with van der Waals surface area (Å²) in [6.45, 7) is 2.37. The Hall–Kier alpha value is -2.66. The van der Waals surface area contributed by atoms with Crippen LogP contribution < -0.4 is 4.74 Å². The van der Waals surface area contributed by atoms with Gasteiger partial charge in [-0.1, -0.05) is 24.9 Å². The number of esters is 1. The van der Waals surface area contributed by atoms with E-state index in [1.165, 1.54) is 23.1 Å². The number of ether oxygens (including phenoxy) is 1.